The quantitative estimate of drug-likeness (QED) is 0.718. The van der Waals surface area contributed by atoms with Gasteiger partial charge >= 0.3 is 0 Å². The molecule has 23 heavy (non-hydrogen) atoms. The first-order chi connectivity index (χ1) is 11.1. The zero-order valence-electron chi connectivity index (χ0n) is 12.6. The maximum Gasteiger partial charge on any atom is 0.269 e. The monoisotopic (exact) mass is 369 g/mol. The maximum atomic E-state index is 12.3. The van der Waals surface area contributed by atoms with E-state index in [1.54, 1.807) is 6.07 Å². The molecule has 0 radical (unpaired) electrons. The number of H-pyrrole nitrogens is 1. The number of hydrogen-bond donors (Lipinski definition) is 2. The third-order valence-corrected chi connectivity index (χ3v) is 4.14. The number of amides is 1. The van der Waals surface area contributed by atoms with Crippen LogP contribution in [0.5, 0.6) is 0 Å². The van der Waals surface area contributed by atoms with Crippen LogP contribution < -0.4 is 5.32 Å². The number of aromatic amines is 1. The number of nitrogens with zero attached hydrogens (tertiary/aromatic N) is 1. The molecule has 5 heteroatoms. The largest absolute Gasteiger partial charge is 0.344 e. The van der Waals surface area contributed by atoms with E-state index in [2.05, 4.69) is 31.4 Å². The molecule has 3 rings (SSSR count). The van der Waals surface area contributed by atoms with Crippen LogP contribution >= 0.6 is 15.9 Å². The Morgan fingerprint density at radius 2 is 1.83 bits per heavy atom. The average molecular weight is 370 g/mol. The van der Waals surface area contributed by atoms with E-state index in [4.69, 9.17) is 0 Å². The summed E-state index contributed by atoms with van der Waals surface area (Å²) < 4.78 is 1.01. The highest BCUT2D eigenvalue weighted by molar-refractivity contribution is 9.10. The second kappa shape index (κ2) is 6.79. The summed E-state index contributed by atoms with van der Waals surface area (Å²) in [5, 5.41) is 9.99. The topological polar surface area (TPSA) is 57.8 Å². The van der Waals surface area contributed by atoms with Crippen LogP contribution in [-0.4, -0.2) is 16.1 Å². The van der Waals surface area contributed by atoms with Crippen LogP contribution in [-0.2, 0) is 0 Å². The highest BCUT2D eigenvalue weighted by Crippen LogP contribution is 2.21. The van der Waals surface area contributed by atoms with Gasteiger partial charge < -0.3 is 5.32 Å². The Kier molecular flexibility index (Phi) is 4.57. The molecule has 0 unspecified atom stereocenters. The number of aromatic nitrogens is 2. The third kappa shape index (κ3) is 3.68. The molecule has 116 valence electrons. The number of halogens is 1. The van der Waals surface area contributed by atoms with E-state index in [1.807, 2.05) is 61.5 Å². The van der Waals surface area contributed by atoms with Crippen LogP contribution in [0.15, 0.2) is 65.1 Å². The molecule has 2 aromatic carbocycles. The van der Waals surface area contributed by atoms with Crippen LogP contribution in [0.2, 0.25) is 0 Å². The van der Waals surface area contributed by atoms with Gasteiger partial charge in [-0.05, 0) is 30.7 Å². The Hall–Kier alpha value is -2.40. The number of rotatable bonds is 4. The van der Waals surface area contributed by atoms with E-state index < -0.39 is 0 Å². The molecule has 0 saturated heterocycles. The number of hydrogen-bond acceptors (Lipinski definition) is 2. The minimum atomic E-state index is -0.169. The molecule has 0 spiro atoms. The minimum Gasteiger partial charge on any atom is -0.344 e. The first kappa shape index (κ1) is 15.5. The fraction of sp³-hybridized carbons (Fsp3) is 0.111. The van der Waals surface area contributed by atoms with Gasteiger partial charge in [0.25, 0.3) is 5.91 Å². The summed E-state index contributed by atoms with van der Waals surface area (Å²) in [6.07, 6.45) is 0. The van der Waals surface area contributed by atoms with Crippen molar-refractivity contribution >= 4 is 21.8 Å². The van der Waals surface area contributed by atoms with Gasteiger partial charge in [0.1, 0.15) is 5.69 Å². The summed E-state index contributed by atoms with van der Waals surface area (Å²) in [4.78, 5) is 12.3. The molecule has 1 aromatic heterocycles. The lowest BCUT2D eigenvalue weighted by atomic mass is 10.1. The van der Waals surface area contributed by atoms with Gasteiger partial charge in [-0.1, -0.05) is 58.4 Å². The minimum absolute atomic E-state index is 0.0665. The Labute approximate surface area is 143 Å². The number of carbonyl (C=O) groups is 1. The van der Waals surface area contributed by atoms with Gasteiger partial charge in [0.15, 0.2) is 0 Å². The zero-order valence-corrected chi connectivity index (χ0v) is 14.2. The summed E-state index contributed by atoms with van der Waals surface area (Å²) in [5.74, 6) is -0.169. The van der Waals surface area contributed by atoms with Gasteiger partial charge in [-0.2, -0.15) is 5.10 Å². The highest BCUT2D eigenvalue weighted by Gasteiger charge is 2.14. The average Bonchev–Trinajstić information content (AvgIpc) is 3.06. The Balaban J connectivity index is 1.72. The summed E-state index contributed by atoms with van der Waals surface area (Å²) in [6.45, 7) is 1.96. The fourth-order valence-corrected chi connectivity index (χ4v) is 2.57. The van der Waals surface area contributed by atoms with Crippen molar-refractivity contribution in [1.29, 1.82) is 0 Å². The predicted octanol–water partition coefficient (Wildman–Crippen LogP) is 4.33. The van der Waals surface area contributed by atoms with Gasteiger partial charge in [0, 0.05) is 10.0 Å². The van der Waals surface area contributed by atoms with E-state index in [9.17, 15) is 4.79 Å². The van der Waals surface area contributed by atoms with Crippen molar-refractivity contribution in [3.05, 3.63) is 76.4 Å². The van der Waals surface area contributed by atoms with Crippen molar-refractivity contribution in [2.75, 3.05) is 0 Å². The lowest BCUT2D eigenvalue weighted by Gasteiger charge is -2.13. The van der Waals surface area contributed by atoms with Crippen LogP contribution in [0, 0.1) is 0 Å². The van der Waals surface area contributed by atoms with Gasteiger partial charge in [0.05, 0.1) is 11.7 Å². The standard InChI is InChI=1S/C18H16BrN3O/c1-12(13-5-3-2-4-6-13)20-18(23)17-11-16(21-22-17)14-7-9-15(19)10-8-14/h2-12H,1H3,(H,20,23)(H,21,22)/t12-/m1/s1. The normalized spacial score (nSPS) is 11.9. The SMILES string of the molecule is C[C@@H](NC(=O)c1cc(-c2ccc(Br)cc2)n[nH]1)c1ccccc1. The van der Waals surface area contributed by atoms with Crippen LogP contribution in [0.25, 0.3) is 11.3 Å². The van der Waals surface area contributed by atoms with Crippen LogP contribution in [0.4, 0.5) is 0 Å². The molecule has 0 aliphatic rings. The molecule has 0 aliphatic carbocycles. The van der Waals surface area contributed by atoms with Crippen LogP contribution in [0.3, 0.4) is 0 Å². The van der Waals surface area contributed by atoms with Gasteiger partial charge in [-0.3, -0.25) is 9.89 Å². The summed E-state index contributed by atoms with van der Waals surface area (Å²) in [5.41, 5.74) is 3.22. The van der Waals surface area contributed by atoms with Crippen molar-refractivity contribution in [2.45, 2.75) is 13.0 Å². The molecule has 2 N–H and O–H groups in total. The Morgan fingerprint density at radius 1 is 1.13 bits per heavy atom. The van der Waals surface area contributed by atoms with Gasteiger partial charge in [-0.25, -0.2) is 0 Å². The van der Waals surface area contributed by atoms with Gasteiger partial charge in [0.2, 0.25) is 0 Å². The number of carbonyl (C=O) groups excluding carboxylic acids is 1. The van der Waals surface area contributed by atoms with Crippen molar-refractivity contribution in [3.63, 3.8) is 0 Å². The van der Waals surface area contributed by atoms with E-state index in [0.717, 1.165) is 21.3 Å². The van der Waals surface area contributed by atoms with Crippen LogP contribution in [0.1, 0.15) is 29.0 Å². The molecule has 0 fully saturated rings. The second-order valence-electron chi connectivity index (χ2n) is 5.28. The molecule has 0 bridgehead atoms. The predicted molar refractivity (Wildman–Crippen MR) is 94.0 cm³/mol. The number of nitrogens with one attached hydrogen (secondary N) is 2. The first-order valence-electron chi connectivity index (χ1n) is 7.30. The lowest BCUT2D eigenvalue weighted by Crippen LogP contribution is -2.26. The van der Waals surface area contributed by atoms with E-state index in [1.165, 1.54) is 0 Å². The van der Waals surface area contributed by atoms with E-state index >= 15 is 0 Å². The summed E-state index contributed by atoms with van der Waals surface area (Å²) >= 11 is 3.40. The van der Waals surface area contributed by atoms with E-state index in [0.29, 0.717) is 5.69 Å². The van der Waals surface area contributed by atoms with Crippen molar-refractivity contribution in [1.82, 2.24) is 15.5 Å². The molecule has 3 aromatic rings. The van der Waals surface area contributed by atoms with Crippen molar-refractivity contribution < 1.29 is 4.79 Å². The highest BCUT2D eigenvalue weighted by atomic mass is 79.9. The van der Waals surface area contributed by atoms with Crippen molar-refractivity contribution in [2.24, 2.45) is 0 Å². The molecular formula is C18H16BrN3O. The van der Waals surface area contributed by atoms with Crippen molar-refractivity contribution in [3.8, 4) is 11.3 Å². The second-order valence-corrected chi connectivity index (χ2v) is 6.20. The Bertz CT molecular complexity index is 797. The molecule has 0 saturated carbocycles. The fourth-order valence-electron chi connectivity index (χ4n) is 2.31. The Morgan fingerprint density at radius 3 is 2.52 bits per heavy atom. The zero-order chi connectivity index (χ0) is 16.2. The smallest absolute Gasteiger partial charge is 0.269 e. The summed E-state index contributed by atoms with van der Waals surface area (Å²) in [6, 6.07) is 19.3. The molecule has 1 amide bonds. The number of benzene rings is 2. The van der Waals surface area contributed by atoms with Gasteiger partial charge in [-0.15, -0.1) is 0 Å². The van der Waals surface area contributed by atoms with E-state index in [-0.39, 0.29) is 11.9 Å². The molecule has 0 aliphatic heterocycles. The third-order valence-electron chi connectivity index (χ3n) is 3.61. The molecule has 1 atom stereocenters. The maximum absolute atomic E-state index is 12.3. The molecule has 4 nitrogen and oxygen atoms in total. The molecule has 1 heterocycles. The lowest BCUT2D eigenvalue weighted by molar-refractivity contribution is 0.0935. The molecular weight excluding hydrogens is 354 g/mol. The first-order valence-corrected chi connectivity index (χ1v) is 8.10. The summed E-state index contributed by atoms with van der Waals surface area (Å²) in [7, 11) is 0.